The molecule has 0 rings (SSSR count). The zero-order chi connectivity index (χ0) is 13.8. The van der Waals surface area contributed by atoms with Gasteiger partial charge in [-0.1, -0.05) is 13.5 Å². The van der Waals surface area contributed by atoms with Gasteiger partial charge in [0.2, 0.25) is 0 Å². The van der Waals surface area contributed by atoms with Crippen LogP contribution >= 0.6 is 0 Å². The fourth-order valence-corrected chi connectivity index (χ4v) is 0.911. The van der Waals surface area contributed by atoms with Crippen molar-refractivity contribution in [3.8, 4) is 0 Å². The van der Waals surface area contributed by atoms with Crippen molar-refractivity contribution in [3.63, 3.8) is 0 Å². The molecule has 0 fully saturated rings. The van der Waals surface area contributed by atoms with Crippen LogP contribution in [0.5, 0.6) is 0 Å². The molecule has 0 aromatic rings. The zero-order valence-corrected chi connectivity index (χ0v) is 11.0. The van der Waals surface area contributed by atoms with Crippen molar-refractivity contribution in [2.75, 3.05) is 33.0 Å². The average molecular weight is 259 g/mol. The van der Waals surface area contributed by atoms with E-state index in [1.165, 1.54) is 0 Å². The topological polar surface area (TPSA) is 73.9 Å². The lowest BCUT2D eigenvalue weighted by Gasteiger charge is -2.07. The lowest BCUT2D eigenvalue weighted by Crippen LogP contribution is -2.29. The van der Waals surface area contributed by atoms with Gasteiger partial charge in [-0.05, 0) is 13.3 Å². The Morgan fingerprint density at radius 1 is 1.11 bits per heavy atom. The molecule has 104 valence electrons. The molecule has 1 N–H and O–H groups in total. The monoisotopic (exact) mass is 259 g/mol. The third kappa shape index (κ3) is 9.65. The summed E-state index contributed by atoms with van der Waals surface area (Å²) in [6.45, 7) is 8.52. The Labute approximate surface area is 107 Å². The van der Waals surface area contributed by atoms with E-state index in [4.69, 9.17) is 14.2 Å². The molecular weight excluding hydrogens is 238 g/mol. The predicted octanol–water partition coefficient (Wildman–Crippen LogP) is 1.26. The second-order valence-electron chi connectivity index (χ2n) is 3.59. The van der Waals surface area contributed by atoms with Crippen LogP contribution in [0, 0.1) is 0 Å². The second kappa shape index (κ2) is 10.6. The van der Waals surface area contributed by atoms with Crippen molar-refractivity contribution in [2.24, 2.45) is 0 Å². The first-order valence-electron chi connectivity index (χ1n) is 5.89. The van der Waals surface area contributed by atoms with Gasteiger partial charge in [0.25, 0.3) is 0 Å². The largest absolute Gasteiger partial charge is 0.460 e. The summed E-state index contributed by atoms with van der Waals surface area (Å²) in [6.07, 6.45) is 0.377. The summed E-state index contributed by atoms with van der Waals surface area (Å²) in [6, 6.07) is 0. The smallest absolute Gasteiger partial charge is 0.407 e. The minimum absolute atomic E-state index is 0.0904. The van der Waals surface area contributed by atoms with Gasteiger partial charge in [-0.25, -0.2) is 9.59 Å². The Kier molecular flexibility index (Phi) is 9.67. The van der Waals surface area contributed by atoms with Crippen molar-refractivity contribution in [1.82, 2.24) is 5.32 Å². The first kappa shape index (κ1) is 16.4. The minimum atomic E-state index is -0.554. The molecule has 0 aliphatic carbocycles. The van der Waals surface area contributed by atoms with Gasteiger partial charge in [0.05, 0.1) is 13.2 Å². The van der Waals surface area contributed by atoms with Gasteiger partial charge in [0.1, 0.15) is 13.2 Å². The molecule has 0 bridgehead atoms. The van der Waals surface area contributed by atoms with Crippen LogP contribution < -0.4 is 5.32 Å². The third-order valence-electron chi connectivity index (χ3n) is 1.76. The van der Waals surface area contributed by atoms with Crippen molar-refractivity contribution in [1.29, 1.82) is 0 Å². The van der Waals surface area contributed by atoms with E-state index >= 15 is 0 Å². The molecule has 0 unspecified atom stereocenters. The first-order valence-corrected chi connectivity index (χ1v) is 5.89. The molecule has 6 heteroatoms. The van der Waals surface area contributed by atoms with Gasteiger partial charge < -0.3 is 19.5 Å². The van der Waals surface area contributed by atoms with Gasteiger partial charge in [0.15, 0.2) is 0 Å². The van der Waals surface area contributed by atoms with Gasteiger partial charge in [0, 0.05) is 12.2 Å². The first-order chi connectivity index (χ1) is 8.57. The molecule has 0 aromatic carbocycles. The standard InChI is InChI=1S/C12H21NO5/c1-4-6-16-8-9-18-12(15)13-5-7-17-11(14)10(2)3/h2,4-9H2,1,3H3,(H,13,15). The molecule has 0 aromatic heterocycles. The molecule has 0 radical (unpaired) electrons. The number of alkyl carbamates (subject to hydrolysis) is 1. The maximum atomic E-state index is 11.1. The Hall–Kier alpha value is -1.56. The fraction of sp³-hybridized carbons (Fsp3) is 0.667. The normalized spacial score (nSPS) is 9.67. The van der Waals surface area contributed by atoms with Crippen LogP contribution in [-0.2, 0) is 19.0 Å². The van der Waals surface area contributed by atoms with E-state index in [1.807, 2.05) is 6.92 Å². The third-order valence-corrected chi connectivity index (χ3v) is 1.76. The molecule has 0 atom stereocenters. The van der Waals surface area contributed by atoms with Gasteiger partial charge in [-0.2, -0.15) is 0 Å². The van der Waals surface area contributed by atoms with Crippen molar-refractivity contribution in [2.45, 2.75) is 20.3 Å². The summed E-state index contributed by atoms with van der Waals surface area (Å²) in [4.78, 5) is 22.1. The molecule has 1 amide bonds. The number of carbonyl (C=O) groups excluding carboxylic acids is 2. The number of esters is 1. The molecule has 0 heterocycles. The quantitative estimate of drug-likeness (QED) is 0.383. The summed E-state index contributed by atoms with van der Waals surface area (Å²) in [5.41, 5.74) is 0.325. The number of rotatable bonds is 9. The highest BCUT2D eigenvalue weighted by atomic mass is 16.6. The number of amides is 1. The highest BCUT2D eigenvalue weighted by molar-refractivity contribution is 5.86. The lowest BCUT2D eigenvalue weighted by atomic mass is 10.4. The van der Waals surface area contributed by atoms with E-state index in [-0.39, 0.29) is 19.8 Å². The van der Waals surface area contributed by atoms with Crippen LogP contribution in [0.15, 0.2) is 12.2 Å². The van der Waals surface area contributed by atoms with Crippen LogP contribution in [0.4, 0.5) is 4.79 Å². The molecule has 0 aliphatic rings. The summed E-state index contributed by atoms with van der Waals surface area (Å²) in [7, 11) is 0. The van der Waals surface area contributed by atoms with Crippen molar-refractivity contribution >= 4 is 12.1 Å². The molecule has 18 heavy (non-hydrogen) atoms. The zero-order valence-electron chi connectivity index (χ0n) is 11.0. The van der Waals surface area contributed by atoms with Gasteiger partial charge in [-0.15, -0.1) is 0 Å². The fourth-order valence-electron chi connectivity index (χ4n) is 0.911. The van der Waals surface area contributed by atoms with E-state index in [1.54, 1.807) is 6.92 Å². The van der Waals surface area contributed by atoms with Crippen LogP contribution in [0.3, 0.4) is 0 Å². The SMILES string of the molecule is C=C(C)C(=O)OCCNC(=O)OCCOCCC. The highest BCUT2D eigenvalue weighted by Gasteiger charge is 2.04. The Balaban J connectivity index is 3.37. The van der Waals surface area contributed by atoms with E-state index in [2.05, 4.69) is 11.9 Å². The Morgan fingerprint density at radius 2 is 1.83 bits per heavy atom. The molecule has 0 spiro atoms. The van der Waals surface area contributed by atoms with E-state index in [0.29, 0.717) is 18.8 Å². The number of ether oxygens (including phenoxy) is 3. The van der Waals surface area contributed by atoms with Crippen LogP contribution in [-0.4, -0.2) is 45.0 Å². The summed E-state index contributed by atoms with van der Waals surface area (Å²) >= 11 is 0. The van der Waals surface area contributed by atoms with E-state index in [0.717, 1.165) is 6.42 Å². The minimum Gasteiger partial charge on any atom is -0.460 e. The van der Waals surface area contributed by atoms with Crippen LogP contribution in [0.25, 0.3) is 0 Å². The van der Waals surface area contributed by atoms with E-state index in [9.17, 15) is 9.59 Å². The number of hydrogen-bond donors (Lipinski definition) is 1. The van der Waals surface area contributed by atoms with Crippen LogP contribution in [0.2, 0.25) is 0 Å². The number of nitrogens with one attached hydrogen (secondary N) is 1. The number of hydrogen-bond acceptors (Lipinski definition) is 5. The Morgan fingerprint density at radius 3 is 2.44 bits per heavy atom. The molecule has 0 saturated carbocycles. The second-order valence-corrected chi connectivity index (χ2v) is 3.59. The lowest BCUT2D eigenvalue weighted by molar-refractivity contribution is -0.138. The number of carbonyl (C=O) groups is 2. The van der Waals surface area contributed by atoms with Gasteiger partial charge >= 0.3 is 12.1 Å². The van der Waals surface area contributed by atoms with Gasteiger partial charge in [-0.3, -0.25) is 0 Å². The predicted molar refractivity (Wildman–Crippen MR) is 66.2 cm³/mol. The average Bonchev–Trinajstić information content (AvgIpc) is 2.34. The summed E-state index contributed by atoms with van der Waals surface area (Å²) in [5.74, 6) is -0.474. The van der Waals surface area contributed by atoms with E-state index < -0.39 is 12.1 Å². The summed E-state index contributed by atoms with van der Waals surface area (Å²) in [5, 5.41) is 2.44. The molecular formula is C12H21NO5. The maximum Gasteiger partial charge on any atom is 0.407 e. The molecule has 6 nitrogen and oxygen atoms in total. The highest BCUT2D eigenvalue weighted by Crippen LogP contribution is 1.90. The summed E-state index contributed by atoms with van der Waals surface area (Å²) < 4.78 is 14.7. The van der Waals surface area contributed by atoms with Crippen LogP contribution in [0.1, 0.15) is 20.3 Å². The molecule has 0 aliphatic heterocycles. The Bertz CT molecular complexity index is 278. The van der Waals surface area contributed by atoms with Crippen molar-refractivity contribution < 1.29 is 23.8 Å². The molecule has 0 saturated heterocycles. The maximum absolute atomic E-state index is 11.1. The van der Waals surface area contributed by atoms with Crippen molar-refractivity contribution in [3.05, 3.63) is 12.2 Å².